The smallest absolute Gasteiger partial charge is 0.217 e. The Balaban J connectivity index is 0.000000860. The van der Waals surface area contributed by atoms with Crippen LogP contribution in [0.15, 0.2) is 59.6 Å². The van der Waals surface area contributed by atoms with Gasteiger partial charge in [0.25, 0.3) is 0 Å². The monoisotopic (exact) mass is 653 g/mol. The standard InChI is InChI=1S/C26H27NO.C2H6.I2/c1-16-7-6-8-17(2)25(16)26-27-24(15-28-26)22-11-9-21(10-12-22)23-13-18(3)20(5)19(4)14-23;2*1-2/h6-14,24H,15H2,1-5H3;1-2H3;. The fourth-order valence-corrected chi connectivity index (χ4v) is 3.93. The Kier molecular flexibility index (Phi) is 10.7. The largest absolute Gasteiger partial charge is 0.475 e. The SMILES string of the molecule is CC.Cc1cc(-c2ccc(C3COC(c4c(C)cccc4C)=N3)cc2)cc(C)c1C.II. The number of ether oxygens (including phenoxy) is 1. The zero-order chi connectivity index (χ0) is 23.8. The summed E-state index contributed by atoms with van der Waals surface area (Å²) in [5.74, 6) is 0.773. The van der Waals surface area contributed by atoms with Crippen molar-refractivity contribution >= 4 is 43.1 Å². The third kappa shape index (κ3) is 6.13. The van der Waals surface area contributed by atoms with Crippen LogP contribution in [-0.2, 0) is 4.74 Å². The van der Waals surface area contributed by atoms with E-state index in [1.165, 1.54) is 44.5 Å². The van der Waals surface area contributed by atoms with Crippen molar-refractivity contribution in [3.8, 4) is 11.1 Å². The first-order valence-electron chi connectivity index (χ1n) is 11.0. The minimum atomic E-state index is 0.0598. The topological polar surface area (TPSA) is 21.6 Å². The summed E-state index contributed by atoms with van der Waals surface area (Å²) in [4.78, 5) is 4.89. The van der Waals surface area contributed by atoms with E-state index in [1.807, 2.05) is 13.8 Å². The highest BCUT2D eigenvalue weighted by molar-refractivity contribution is 15.0. The van der Waals surface area contributed by atoms with Gasteiger partial charge in [-0.1, -0.05) is 68.4 Å². The summed E-state index contributed by atoms with van der Waals surface area (Å²) in [5, 5.41) is 0. The lowest BCUT2D eigenvalue weighted by Crippen LogP contribution is -2.05. The van der Waals surface area contributed by atoms with Crippen LogP contribution in [0.2, 0.25) is 0 Å². The summed E-state index contributed by atoms with van der Waals surface area (Å²) in [5.41, 5.74) is 11.3. The molecule has 1 unspecified atom stereocenters. The van der Waals surface area contributed by atoms with Crippen molar-refractivity contribution in [3.63, 3.8) is 0 Å². The molecule has 170 valence electrons. The van der Waals surface area contributed by atoms with Crippen LogP contribution in [0.1, 0.15) is 58.8 Å². The van der Waals surface area contributed by atoms with Gasteiger partial charge in [-0.15, -0.1) is 0 Å². The van der Waals surface area contributed by atoms with Gasteiger partial charge >= 0.3 is 0 Å². The van der Waals surface area contributed by atoms with Gasteiger partial charge in [0.15, 0.2) is 0 Å². The number of nitrogens with zero attached hydrogens (tertiary/aromatic N) is 1. The molecule has 1 aliphatic heterocycles. The molecule has 0 aliphatic carbocycles. The normalized spacial score (nSPS) is 14.4. The van der Waals surface area contributed by atoms with E-state index in [0.29, 0.717) is 6.61 Å². The molecule has 0 amide bonds. The summed E-state index contributed by atoms with van der Waals surface area (Å²) in [6.07, 6.45) is 0. The first kappa shape index (κ1) is 26.8. The fraction of sp³-hybridized carbons (Fsp3) is 0.321. The Morgan fingerprint density at radius 2 is 1.28 bits per heavy atom. The van der Waals surface area contributed by atoms with Gasteiger partial charge in [0.05, 0.1) is 0 Å². The Hall–Kier alpha value is -1.41. The van der Waals surface area contributed by atoms with Gasteiger partial charge in [-0.3, -0.25) is 0 Å². The van der Waals surface area contributed by atoms with Crippen LogP contribution in [0.3, 0.4) is 0 Å². The average molecular weight is 653 g/mol. The van der Waals surface area contributed by atoms with E-state index in [2.05, 4.69) is 126 Å². The minimum absolute atomic E-state index is 0.0598. The molecule has 3 aromatic rings. The molecule has 32 heavy (non-hydrogen) atoms. The van der Waals surface area contributed by atoms with Gasteiger partial charge in [0, 0.05) is 42.8 Å². The maximum Gasteiger partial charge on any atom is 0.217 e. The van der Waals surface area contributed by atoms with Crippen LogP contribution >= 0.6 is 37.2 Å². The molecule has 1 atom stereocenters. The minimum Gasteiger partial charge on any atom is -0.475 e. The summed E-state index contributed by atoms with van der Waals surface area (Å²) >= 11 is 4.24. The molecule has 3 aromatic carbocycles. The van der Waals surface area contributed by atoms with E-state index in [0.717, 1.165) is 11.5 Å². The number of aliphatic imine (C=N–C) groups is 1. The van der Waals surface area contributed by atoms with Gasteiger partial charge in [-0.2, -0.15) is 0 Å². The first-order chi connectivity index (χ1) is 15.4. The Labute approximate surface area is 217 Å². The van der Waals surface area contributed by atoms with Crippen molar-refractivity contribution in [1.29, 1.82) is 0 Å². The second kappa shape index (κ2) is 12.7. The maximum atomic E-state index is 5.98. The van der Waals surface area contributed by atoms with E-state index >= 15 is 0 Å². The average Bonchev–Trinajstić information content (AvgIpc) is 3.29. The van der Waals surface area contributed by atoms with Gasteiger partial charge in [-0.05, 0) is 79.1 Å². The van der Waals surface area contributed by atoms with Crippen molar-refractivity contribution in [2.45, 2.75) is 54.5 Å². The maximum absolute atomic E-state index is 5.98. The highest BCUT2D eigenvalue weighted by Gasteiger charge is 2.23. The molecule has 0 saturated carbocycles. The molecular weight excluding hydrogens is 620 g/mol. The highest BCUT2D eigenvalue weighted by atomic mass is 128. The van der Waals surface area contributed by atoms with Gasteiger partial charge in [0.2, 0.25) is 5.90 Å². The third-order valence-electron chi connectivity index (χ3n) is 5.90. The number of benzene rings is 3. The van der Waals surface area contributed by atoms with Crippen molar-refractivity contribution in [2.24, 2.45) is 4.99 Å². The predicted octanol–water partition coefficient (Wildman–Crippen LogP) is 9.21. The van der Waals surface area contributed by atoms with E-state index in [9.17, 15) is 0 Å². The van der Waals surface area contributed by atoms with Crippen LogP contribution in [0, 0.1) is 34.6 Å². The Morgan fingerprint density at radius 3 is 1.81 bits per heavy atom. The molecule has 0 fully saturated rings. The summed E-state index contributed by atoms with van der Waals surface area (Å²) in [6, 6.07) is 19.7. The van der Waals surface area contributed by atoms with Crippen LogP contribution in [0.4, 0.5) is 0 Å². The Morgan fingerprint density at radius 1 is 0.750 bits per heavy atom. The lowest BCUT2D eigenvalue weighted by atomic mass is 9.95. The molecular formula is C28H33I2NO. The molecule has 0 aromatic heterocycles. The molecule has 0 radical (unpaired) electrons. The Bertz CT molecular complexity index is 1030. The lowest BCUT2D eigenvalue weighted by molar-refractivity contribution is 0.319. The molecule has 4 heteroatoms. The van der Waals surface area contributed by atoms with E-state index in [-0.39, 0.29) is 6.04 Å². The molecule has 4 rings (SSSR count). The summed E-state index contributed by atoms with van der Waals surface area (Å²) < 4.78 is 5.98. The van der Waals surface area contributed by atoms with Gasteiger partial charge < -0.3 is 4.74 Å². The van der Waals surface area contributed by atoms with Crippen LogP contribution in [0.5, 0.6) is 0 Å². The number of rotatable bonds is 3. The van der Waals surface area contributed by atoms with Gasteiger partial charge in [-0.25, -0.2) is 4.99 Å². The molecule has 0 N–H and O–H groups in total. The molecule has 1 heterocycles. The van der Waals surface area contributed by atoms with E-state index in [1.54, 1.807) is 0 Å². The van der Waals surface area contributed by atoms with Crippen molar-refractivity contribution in [1.82, 2.24) is 0 Å². The zero-order valence-corrected chi connectivity index (χ0v) is 24.4. The van der Waals surface area contributed by atoms with Crippen molar-refractivity contribution < 1.29 is 4.74 Å². The second-order valence-electron chi connectivity index (χ2n) is 7.88. The van der Waals surface area contributed by atoms with Crippen LogP contribution < -0.4 is 0 Å². The lowest BCUT2D eigenvalue weighted by Gasteiger charge is -2.11. The zero-order valence-electron chi connectivity index (χ0n) is 20.1. The molecule has 1 aliphatic rings. The molecule has 0 bridgehead atoms. The van der Waals surface area contributed by atoms with E-state index in [4.69, 9.17) is 9.73 Å². The second-order valence-corrected chi connectivity index (χ2v) is 7.88. The number of hydrogen-bond donors (Lipinski definition) is 0. The number of aryl methyl sites for hydroxylation is 4. The van der Waals surface area contributed by atoms with Crippen LogP contribution in [-0.4, -0.2) is 12.5 Å². The number of hydrogen-bond acceptors (Lipinski definition) is 2. The van der Waals surface area contributed by atoms with Crippen molar-refractivity contribution in [2.75, 3.05) is 6.61 Å². The predicted molar refractivity (Wildman–Crippen MR) is 157 cm³/mol. The van der Waals surface area contributed by atoms with Gasteiger partial charge in [0.1, 0.15) is 12.6 Å². The third-order valence-corrected chi connectivity index (χ3v) is 5.90. The fourth-order valence-electron chi connectivity index (χ4n) is 3.93. The number of halogens is 2. The summed E-state index contributed by atoms with van der Waals surface area (Å²) in [7, 11) is 0. The van der Waals surface area contributed by atoms with E-state index < -0.39 is 0 Å². The van der Waals surface area contributed by atoms with Crippen molar-refractivity contribution in [3.05, 3.63) is 93.5 Å². The molecule has 0 saturated heterocycles. The first-order valence-corrected chi connectivity index (χ1v) is 17.3. The molecule has 0 spiro atoms. The van der Waals surface area contributed by atoms with Crippen LogP contribution in [0.25, 0.3) is 11.1 Å². The quantitative estimate of drug-likeness (QED) is 0.259. The highest BCUT2D eigenvalue weighted by Crippen LogP contribution is 2.30. The summed E-state index contributed by atoms with van der Waals surface area (Å²) in [6.45, 7) is 15.4. The molecule has 2 nitrogen and oxygen atoms in total.